The Labute approximate surface area is 119 Å². The van der Waals surface area contributed by atoms with Crippen LogP contribution in [0.15, 0.2) is 46.9 Å². The topological polar surface area (TPSA) is 52.4 Å². The van der Waals surface area contributed by atoms with Crippen molar-refractivity contribution >= 4 is 21.6 Å². The molecule has 2 rings (SSSR count). The van der Waals surface area contributed by atoms with E-state index < -0.39 is 4.92 Å². The van der Waals surface area contributed by atoms with Gasteiger partial charge in [-0.2, -0.15) is 0 Å². The summed E-state index contributed by atoms with van der Waals surface area (Å²) >= 11 is 3.25. The molecule has 0 saturated carbocycles. The summed E-state index contributed by atoms with van der Waals surface area (Å²) in [5.41, 5.74) is 1.95. The number of nitro benzene ring substituents is 1. The third-order valence-corrected chi connectivity index (χ3v) is 3.59. The first-order chi connectivity index (χ1) is 9.08. The summed E-state index contributed by atoms with van der Waals surface area (Å²) in [6.45, 7) is 2.28. The molecule has 0 atom stereocenters. The Hall–Kier alpha value is -1.88. The normalized spacial score (nSPS) is 10.2. The summed E-state index contributed by atoms with van der Waals surface area (Å²) in [5, 5.41) is 10.8. The van der Waals surface area contributed by atoms with Gasteiger partial charge in [-0.25, -0.2) is 0 Å². The smallest absolute Gasteiger partial charge is 0.283 e. The third kappa shape index (κ3) is 3.32. The molecule has 0 amide bonds. The summed E-state index contributed by atoms with van der Waals surface area (Å²) in [6.07, 6.45) is 0. The first kappa shape index (κ1) is 13.5. The summed E-state index contributed by atoms with van der Waals surface area (Å²) in [4.78, 5) is 10.4. The Morgan fingerprint density at radius 3 is 2.53 bits per heavy atom. The maximum atomic E-state index is 10.8. The van der Waals surface area contributed by atoms with Gasteiger partial charge in [0.25, 0.3) is 5.69 Å². The average molecular weight is 322 g/mol. The summed E-state index contributed by atoms with van der Waals surface area (Å²) in [5.74, 6) is 0.740. The summed E-state index contributed by atoms with van der Waals surface area (Å²) in [7, 11) is 0. The lowest BCUT2D eigenvalue weighted by molar-refractivity contribution is -0.385. The van der Waals surface area contributed by atoms with Crippen LogP contribution in [0.25, 0.3) is 0 Å². The molecule has 0 N–H and O–H groups in total. The van der Waals surface area contributed by atoms with Crippen LogP contribution in [0, 0.1) is 17.0 Å². The zero-order valence-electron chi connectivity index (χ0n) is 10.3. The van der Waals surface area contributed by atoms with Gasteiger partial charge in [0.05, 0.1) is 4.92 Å². The number of nitro groups is 1. The molecule has 0 radical (unpaired) electrons. The second-order valence-electron chi connectivity index (χ2n) is 4.11. The molecule has 0 aliphatic rings. The van der Waals surface area contributed by atoms with Crippen LogP contribution in [0.5, 0.6) is 5.75 Å². The van der Waals surface area contributed by atoms with E-state index in [1.807, 2.05) is 31.2 Å². The first-order valence-corrected chi connectivity index (χ1v) is 6.48. The molecule has 0 saturated heterocycles. The molecule has 0 fully saturated rings. The Morgan fingerprint density at radius 2 is 1.89 bits per heavy atom. The molecular weight excluding hydrogens is 310 g/mol. The predicted octanol–water partition coefficient (Wildman–Crippen LogP) is 4.24. The van der Waals surface area contributed by atoms with Crippen LogP contribution < -0.4 is 4.74 Å². The Bertz CT molecular complexity index is 596. The molecule has 0 bridgehead atoms. The number of hydrogen-bond acceptors (Lipinski definition) is 3. The molecule has 5 heteroatoms. The largest absolute Gasteiger partial charge is 0.489 e. The van der Waals surface area contributed by atoms with Crippen LogP contribution >= 0.6 is 15.9 Å². The number of rotatable bonds is 4. The number of halogens is 1. The minimum Gasteiger partial charge on any atom is -0.489 e. The number of ether oxygens (including phenoxy) is 1. The highest BCUT2D eigenvalue weighted by Crippen LogP contribution is 2.29. The Balaban J connectivity index is 2.13. The molecule has 2 aromatic carbocycles. The van der Waals surface area contributed by atoms with Gasteiger partial charge in [-0.3, -0.25) is 10.1 Å². The van der Waals surface area contributed by atoms with Crippen LogP contribution in [0.3, 0.4) is 0 Å². The Kier molecular flexibility index (Phi) is 4.16. The molecule has 0 aromatic heterocycles. The molecule has 2 aromatic rings. The van der Waals surface area contributed by atoms with E-state index >= 15 is 0 Å². The second kappa shape index (κ2) is 5.84. The van der Waals surface area contributed by atoms with Crippen molar-refractivity contribution < 1.29 is 9.66 Å². The SMILES string of the molecule is Cc1ccc(OCc2cccc([N+](=O)[O-])c2Br)cc1. The fourth-order valence-corrected chi connectivity index (χ4v) is 2.14. The molecule has 4 nitrogen and oxygen atoms in total. The number of benzene rings is 2. The van der Waals surface area contributed by atoms with Crippen molar-refractivity contribution in [2.24, 2.45) is 0 Å². The lowest BCUT2D eigenvalue weighted by Gasteiger charge is -2.08. The van der Waals surface area contributed by atoms with Crippen LogP contribution in [-0.4, -0.2) is 4.92 Å². The number of aryl methyl sites for hydroxylation is 1. The van der Waals surface area contributed by atoms with E-state index in [4.69, 9.17) is 4.74 Å². The van der Waals surface area contributed by atoms with Gasteiger partial charge in [0.2, 0.25) is 0 Å². The van der Waals surface area contributed by atoms with Gasteiger partial charge >= 0.3 is 0 Å². The monoisotopic (exact) mass is 321 g/mol. The van der Waals surface area contributed by atoms with Crippen LogP contribution in [0.2, 0.25) is 0 Å². The third-order valence-electron chi connectivity index (χ3n) is 2.67. The van der Waals surface area contributed by atoms with Gasteiger partial charge in [0, 0.05) is 11.6 Å². The zero-order chi connectivity index (χ0) is 13.8. The van der Waals surface area contributed by atoms with E-state index in [-0.39, 0.29) is 12.3 Å². The van der Waals surface area contributed by atoms with Crippen molar-refractivity contribution in [2.75, 3.05) is 0 Å². The standard InChI is InChI=1S/C14H12BrNO3/c1-10-5-7-12(8-6-10)19-9-11-3-2-4-13(14(11)15)16(17)18/h2-8H,9H2,1H3. The summed E-state index contributed by atoms with van der Waals surface area (Å²) in [6, 6.07) is 12.6. The van der Waals surface area contributed by atoms with E-state index in [0.717, 1.165) is 16.9 Å². The van der Waals surface area contributed by atoms with Crippen molar-refractivity contribution in [3.05, 3.63) is 68.2 Å². The van der Waals surface area contributed by atoms with Crippen molar-refractivity contribution in [1.82, 2.24) is 0 Å². The van der Waals surface area contributed by atoms with Crippen molar-refractivity contribution in [3.63, 3.8) is 0 Å². The van der Waals surface area contributed by atoms with Crippen LogP contribution in [0.1, 0.15) is 11.1 Å². The quantitative estimate of drug-likeness (QED) is 0.625. The van der Waals surface area contributed by atoms with E-state index in [1.54, 1.807) is 12.1 Å². The van der Waals surface area contributed by atoms with Crippen LogP contribution in [0.4, 0.5) is 5.69 Å². The average Bonchev–Trinajstić information content (AvgIpc) is 2.39. The zero-order valence-corrected chi connectivity index (χ0v) is 11.9. The molecule has 98 valence electrons. The molecule has 0 heterocycles. The molecule has 0 unspecified atom stereocenters. The van der Waals surface area contributed by atoms with E-state index in [2.05, 4.69) is 15.9 Å². The minimum atomic E-state index is -0.417. The highest BCUT2D eigenvalue weighted by atomic mass is 79.9. The predicted molar refractivity (Wildman–Crippen MR) is 76.3 cm³/mol. The maximum absolute atomic E-state index is 10.8. The molecule has 0 spiro atoms. The van der Waals surface area contributed by atoms with E-state index in [0.29, 0.717) is 4.47 Å². The fraction of sp³-hybridized carbons (Fsp3) is 0.143. The maximum Gasteiger partial charge on any atom is 0.283 e. The van der Waals surface area contributed by atoms with Gasteiger partial charge in [-0.15, -0.1) is 0 Å². The van der Waals surface area contributed by atoms with Gasteiger partial charge in [0.15, 0.2) is 0 Å². The fourth-order valence-electron chi connectivity index (χ4n) is 1.61. The second-order valence-corrected chi connectivity index (χ2v) is 4.90. The van der Waals surface area contributed by atoms with Crippen molar-refractivity contribution in [1.29, 1.82) is 0 Å². The number of nitrogens with zero attached hydrogens (tertiary/aromatic N) is 1. The van der Waals surface area contributed by atoms with Gasteiger partial charge < -0.3 is 4.74 Å². The van der Waals surface area contributed by atoms with Gasteiger partial charge in [0.1, 0.15) is 16.8 Å². The van der Waals surface area contributed by atoms with E-state index in [9.17, 15) is 10.1 Å². The van der Waals surface area contributed by atoms with Crippen molar-refractivity contribution in [2.45, 2.75) is 13.5 Å². The van der Waals surface area contributed by atoms with E-state index in [1.165, 1.54) is 6.07 Å². The summed E-state index contributed by atoms with van der Waals surface area (Å²) < 4.78 is 6.07. The van der Waals surface area contributed by atoms with Gasteiger partial charge in [-0.1, -0.05) is 29.8 Å². The number of hydrogen-bond donors (Lipinski definition) is 0. The molecular formula is C14H12BrNO3. The molecule has 19 heavy (non-hydrogen) atoms. The van der Waals surface area contributed by atoms with Crippen molar-refractivity contribution in [3.8, 4) is 5.75 Å². The Morgan fingerprint density at radius 1 is 1.21 bits per heavy atom. The highest BCUT2D eigenvalue weighted by Gasteiger charge is 2.14. The first-order valence-electron chi connectivity index (χ1n) is 5.69. The molecule has 0 aliphatic carbocycles. The minimum absolute atomic E-state index is 0.0463. The van der Waals surface area contributed by atoms with Gasteiger partial charge in [-0.05, 0) is 35.0 Å². The lowest BCUT2D eigenvalue weighted by Crippen LogP contribution is -1.99. The molecule has 0 aliphatic heterocycles. The van der Waals surface area contributed by atoms with Crippen LogP contribution in [-0.2, 0) is 6.61 Å². The highest BCUT2D eigenvalue weighted by molar-refractivity contribution is 9.10. The lowest BCUT2D eigenvalue weighted by atomic mass is 10.2.